The molecule has 3 rings (SSSR count). The van der Waals surface area contributed by atoms with E-state index in [0.29, 0.717) is 22.0 Å². The van der Waals surface area contributed by atoms with Crippen molar-refractivity contribution in [3.63, 3.8) is 0 Å². The Morgan fingerprint density at radius 1 is 1.32 bits per heavy atom. The molecule has 1 atom stereocenters. The Labute approximate surface area is 156 Å². The maximum Gasteiger partial charge on any atom is 0.211 e. The quantitative estimate of drug-likeness (QED) is 0.411. The van der Waals surface area contributed by atoms with E-state index in [1.165, 1.54) is 0 Å². The maximum atomic E-state index is 9.30. The number of rotatable bonds is 1. The molecule has 2 heterocycles. The second-order valence-electron chi connectivity index (χ2n) is 5.07. The highest BCUT2D eigenvalue weighted by atomic mass is 79.9. The number of aromatic nitrogens is 1. The molecule has 1 unspecified atom stereocenters. The largest absolute Gasteiger partial charge is 0.397 e. The zero-order chi connectivity index (χ0) is 18.1. The fourth-order valence-electron chi connectivity index (χ4n) is 2.53. The molecule has 0 aliphatic carbocycles. The van der Waals surface area contributed by atoms with Gasteiger partial charge in [-0.15, -0.1) is 0 Å². The van der Waals surface area contributed by atoms with Crippen LogP contribution in [0, 0.1) is 22.8 Å². The van der Waals surface area contributed by atoms with Crippen molar-refractivity contribution < 1.29 is 0 Å². The molecule has 10 heteroatoms. The predicted octanol–water partition coefficient (Wildman–Crippen LogP) is 2.48. The molecule has 0 fully saturated rings. The highest BCUT2D eigenvalue weighted by Crippen LogP contribution is 2.42. The van der Waals surface area contributed by atoms with Crippen molar-refractivity contribution in [2.45, 2.75) is 6.04 Å². The van der Waals surface area contributed by atoms with Gasteiger partial charge in [0.25, 0.3) is 0 Å². The van der Waals surface area contributed by atoms with Gasteiger partial charge in [-0.2, -0.15) is 10.5 Å². The first kappa shape index (κ1) is 16.8. The smallest absolute Gasteiger partial charge is 0.211 e. The summed E-state index contributed by atoms with van der Waals surface area (Å²) in [5.74, 6) is 0.471. The Kier molecular flexibility index (Phi) is 4.36. The van der Waals surface area contributed by atoms with Gasteiger partial charge in [-0.3, -0.25) is 5.32 Å². The maximum absolute atomic E-state index is 9.30. The third-order valence-electron chi connectivity index (χ3n) is 3.61. The number of fused-ring (bicyclic) bond motifs is 1. The topological polar surface area (TPSA) is 149 Å². The van der Waals surface area contributed by atoms with E-state index in [9.17, 15) is 5.26 Å². The van der Waals surface area contributed by atoms with Gasteiger partial charge < -0.3 is 16.8 Å². The van der Waals surface area contributed by atoms with Gasteiger partial charge in [-0.1, -0.05) is 27.5 Å². The van der Waals surface area contributed by atoms with E-state index in [-0.39, 0.29) is 23.0 Å². The first-order chi connectivity index (χ1) is 12.0. The van der Waals surface area contributed by atoms with Gasteiger partial charge in [0, 0.05) is 20.6 Å². The van der Waals surface area contributed by atoms with Crippen molar-refractivity contribution in [3.05, 3.63) is 44.4 Å². The summed E-state index contributed by atoms with van der Waals surface area (Å²) in [5.41, 5.74) is 13.3. The molecular formula is C15H10BrClN8. The summed E-state index contributed by atoms with van der Waals surface area (Å²) in [6.45, 7) is 0. The lowest BCUT2D eigenvalue weighted by atomic mass is 9.95. The predicted molar refractivity (Wildman–Crippen MR) is 98.6 cm³/mol. The number of nitrogen functional groups attached to an aromatic ring is 2. The van der Waals surface area contributed by atoms with Gasteiger partial charge >= 0.3 is 0 Å². The monoisotopic (exact) mass is 416 g/mol. The molecule has 0 bridgehead atoms. The SMILES string of the molecule is N#CNC1=NC(c2cc(Br)ccc2Cl)c2c(nc(N)c(C#N)c2N)N1. The van der Waals surface area contributed by atoms with E-state index in [1.54, 1.807) is 24.4 Å². The number of hydrogen-bond acceptors (Lipinski definition) is 8. The van der Waals surface area contributed by atoms with E-state index in [4.69, 9.17) is 28.3 Å². The molecular weight excluding hydrogens is 408 g/mol. The summed E-state index contributed by atoms with van der Waals surface area (Å²) in [6, 6.07) is 6.57. The van der Waals surface area contributed by atoms with Gasteiger partial charge in [0.15, 0.2) is 6.19 Å². The zero-order valence-corrected chi connectivity index (χ0v) is 14.9. The molecule has 25 heavy (non-hydrogen) atoms. The van der Waals surface area contributed by atoms with Crippen LogP contribution in [0.1, 0.15) is 22.7 Å². The molecule has 2 aromatic rings. The molecule has 1 aromatic heterocycles. The second kappa shape index (κ2) is 6.48. The molecule has 0 saturated heterocycles. The van der Waals surface area contributed by atoms with E-state index in [2.05, 4.69) is 36.5 Å². The average Bonchev–Trinajstić information content (AvgIpc) is 2.57. The summed E-state index contributed by atoms with van der Waals surface area (Å²) < 4.78 is 0.791. The summed E-state index contributed by atoms with van der Waals surface area (Å²) in [4.78, 5) is 8.63. The first-order valence-electron chi connectivity index (χ1n) is 6.90. The lowest BCUT2D eigenvalue weighted by molar-refractivity contribution is 0.846. The van der Waals surface area contributed by atoms with E-state index < -0.39 is 6.04 Å². The zero-order valence-electron chi connectivity index (χ0n) is 12.5. The van der Waals surface area contributed by atoms with Crippen molar-refractivity contribution in [2.24, 2.45) is 4.99 Å². The van der Waals surface area contributed by atoms with Crippen LogP contribution in [0.5, 0.6) is 0 Å². The molecule has 0 saturated carbocycles. The Morgan fingerprint density at radius 3 is 2.76 bits per heavy atom. The number of halogens is 2. The lowest BCUT2D eigenvalue weighted by Crippen LogP contribution is -2.32. The highest BCUT2D eigenvalue weighted by Gasteiger charge is 2.30. The third-order valence-corrected chi connectivity index (χ3v) is 4.45. The molecule has 0 spiro atoms. The van der Waals surface area contributed by atoms with Crippen LogP contribution in [0.15, 0.2) is 27.7 Å². The normalized spacial score (nSPS) is 15.2. The Morgan fingerprint density at radius 2 is 2.08 bits per heavy atom. The van der Waals surface area contributed by atoms with Gasteiger partial charge in [0.2, 0.25) is 5.96 Å². The van der Waals surface area contributed by atoms with Crippen molar-refractivity contribution in [3.8, 4) is 12.3 Å². The summed E-state index contributed by atoms with van der Waals surface area (Å²) in [5, 5.41) is 23.9. The van der Waals surface area contributed by atoms with E-state index in [1.807, 2.05) is 6.07 Å². The number of guanidine groups is 1. The van der Waals surface area contributed by atoms with Gasteiger partial charge in [0.05, 0.1) is 5.69 Å². The number of benzene rings is 1. The van der Waals surface area contributed by atoms with Crippen molar-refractivity contribution >= 4 is 50.8 Å². The summed E-state index contributed by atoms with van der Waals surface area (Å²) >= 11 is 9.73. The number of nitrogens with one attached hydrogen (secondary N) is 2. The van der Waals surface area contributed by atoms with Crippen molar-refractivity contribution in [1.29, 1.82) is 10.5 Å². The van der Waals surface area contributed by atoms with Crippen LogP contribution in [0.4, 0.5) is 17.3 Å². The number of hydrogen-bond donors (Lipinski definition) is 4. The molecule has 1 aromatic carbocycles. The standard InChI is InChI=1S/C15H10BrClN8/c16-6-1-2-9(17)7(3-6)12-10-11(20)8(4-18)13(21)24-14(10)25-15(23-12)22-5-19/h1-3,12H,(H6,20,21,22,23,24,25). The lowest BCUT2D eigenvalue weighted by Gasteiger charge is -2.26. The number of nitrogens with two attached hydrogens (primary N) is 2. The number of nitrogens with zero attached hydrogens (tertiary/aromatic N) is 4. The number of nitriles is 2. The van der Waals surface area contributed by atoms with Crippen LogP contribution in [0.2, 0.25) is 5.02 Å². The minimum absolute atomic E-state index is 0.0106. The summed E-state index contributed by atoms with van der Waals surface area (Å²) in [7, 11) is 0. The minimum atomic E-state index is -0.669. The number of aliphatic imine (C=N–C) groups is 1. The number of anilines is 3. The number of pyridine rings is 1. The highest BCUT2D eigenvalue weighted by molar-refractivity contribution is 9.10. The van der Waals surface area contributed by atoms with Crippen molar-refractivity contribution in [2.75, 3.05) is 16.8 Å². The van der Waals surface area contributed by atoms with Crippen LogP contribution >= 0.6 is 27.5 Å². The minimum Gasteiger partial charge on any atom is -0.397 e. The molecule has 1 aliphatic heterocycles. The molecule has 0 amide bonds. The Balaban J connectivity index is 2.30. The summed E-state index contributed by atoms with van der Waals surface area (Å²) in [6.07, 6.45) is 1.79. The fourth-order valence-corrected chi connectivity index (χ4v) is 3.13. The average molecular weight is 418 g/mol. The van der Waals surface area contributed by atoms with Crippen LogP contribution < -0.4 is 22.1 Å². The van der Waals surface area contributed by atoms with Crippen LogP contribution in [0.25, 0.3) is 0 Å². The Bertz CT molecular complexity index is 988. The van der Waals surface area contributed by atoms with Crippen molar-refractivity contribution in [1.82, 2.24) is 10.3 Å². The fraction of sp³-hybridized carbons (Fsp3) is 0.0667. The van der Waals surface area contributed by atoms with Gasteiger partial charge in [0.1, 0.15) is 29.3 Å². The second-order valence-corrected chi connectivity index (χ2v) is 6.39. The third kappa shape index (κ3) is 2.91. The van der Waals surface area contributed by atoms with Crippen LogP contribution in [-0.4, -0.2) is 10.9 Å². The van der Waals surface area contributed by atoms with Gasteiger partial charge in [-0.05, 0) is 18.2 Å². The first-order valence-corrected chi connectivity index (χ1v) is 8.07. The van der Waals surface area contributed by atoms with Crippen LogP contribution in [-0.2, 0) is 0 Å². The Hall–Kier alpha value is -3.01. The molecule has 124 valence electrons. The van der Waals surface area contributed by atoms with E-state index in [0.717, 1.165) is 4.47 Å². The molecule has 0 radical (unpaired) electrons. The molecule has 8 nitrogen and oxygen atoms in total. The van der Waals surface area contributed by atoms with Crippen LogP contribution in [0.3, 0.4) is 0 Å². The molecule has 6 N–H and O–H groups in total. The van der Waals surface area contributed by atoms with Gasteiger partial charge in [-0.25, -0.2) is 9.98 Å². The van der Waals surface area contributed by atoms with E-state index >= 15 is 0 Å². The molecule has 1 aliphatic rings.